The van der Waals surface area contributed by atoms with Crippen LogP contribution in [0.2, 0.25) is 0 Å². The number of rotatable bonds is 11. The third-order valence-electron chi connectivity index (χ3n) is 5.42. The lowest BCUT2D eigenvalue weighted by molar-refractivity contribution is 0.0953. The van der Waals surface area contributed by atoms with Gasteiger partial charge in [0.1, 0.15) is 0 Å². The highest BCUT2D eigenvalue weighted by atomic mass is 32.1. The molecular weight excluding hydrogens is 478 g/mol. The second kappa shape index (κ2) is 12.0. The van der Waals surface area contributed by atoms with Gasteiger partial charge in [-0.2, -0.15) is 9.36 Å². The van der Waals surface area contributed by atoms with Crippen LogP contribution in [-0.4, -0.2) is 43.1 Å². The van der Waals surface area contributed by atoms with E-state index < -0.39 is 0 Å². The molecule has 1 amide bonds. The summed E-state index contributed by atoms with van der Waals surface area (Å²) in [5.74, 6) is 2.70. The third kappa shape index (κ3) is 6.31. The zero-order chi connectivity index (χ0) is 25.3. The smallest absolute Gasteiger partial charge is 0.298 e. The number of carbonyl (C=O) groups excluding carboxylic acids is 1. The highest BCUT2D eigenvalue weighted by Gasteiger charge is 2.14. The van der Waals surface area contributed by atoms with Crippen LogP contribution in [0.5, 0.6) is 28.2 Å². The molecule has 186 valence electrons. The van der Waals surface area contributed by atoms with Crippen molar-refractivity contribution in [1.82, 2.24) is 14.7 Å². The van der Waals surface area contributed by atoms with Gasteiger partial charge >= 0.3 is 0 Å². The van der Waals surface area contributed by atoms with Gasteiger partial charge in [0.2, 0.25) is 0 Å². The number of benzene rings is 3. The van der Waals surface area contributed by atoms with Gasteiger partial charge in [-0.05, 0) is 47.9 Å². The van der Waals surface area contributed by atoms with Crippen LogP contribution >= 0.6 is 11.5 Å². The molecule has 3 aromatic carbocycles. The van der Waals surface area contributed by atoms with Crippen molar-refractivity contribution in [2.75, 3.05) is 27.9 Å². The van der Waals surface area contributed by atoms with E-state index in [1.165, 1.54) is 18.6 Å². The minimum absolute atomic E-state index is 0.207. The average molecular weight is 506 g/mol. The summed E-state index contributed by atoms with van der Waals surface area (Å²) >= 11 is 1.17. The third-order valence-corrected chi connectivity index (χ3v) is 6.06. The highest BCUT2D eigenvalue weighted by Crippen LogP contribution is 2.33. The van der Waals surface area contributed by atoms with E-state index in [0.717, 1.165) is 11.1 Å². The van der Waals surface area contributed by atoms with Gasteiger partial charge < -0.3 is 24.3 Å². The van der Waals surface area contributed by atoms with Gasteiger partial charge in [-0.3, -0.25) is 4.79 Å². The fourth-order valence-corrected chi connectivity index (χ4v) is 4.14. The van der Waals surface area contributed by atoms with Gasteiger partial charge in [0, 0.05) is 30.1 Å². The molecule has 4 rings (SSSR count). The summed E-state index contributed by atoms with van der Waals surface area (Å²) in [6, 6.07) is 20.7. The van der Waals surface area contributed by atoms with Crippen LogP contribution in [0.4, 0.5) is 0 Å². The summed E-state index contributed by atoms with van der Waals surface area (Å²) < 4.78 is 26.3. The first kappa shape index (κ1) is 25.0. The van der Waals surface area contributed by atoms with Crippen LogP contribution in [0.15, 0.2) is 66.7 Å². The topological polar surface area (TPSA) is 91.8 Å². The summed E-state index contributed by atoms with van der Waals surface area (Å²) in [7, 11) is 4.72. The molecule has 4 aromatic rings. The summed E-state index contributed by atoms with van der Waals surface area (Å²) in [4.78, 5) is 17.2. The van der Waals surface area contributed by atoms with Crippen molar-refractivity contribution in [2.24, 2.45) is 0 Å². The Morgan fingerprint density at radius 1 is 0.833 bits per heavy atom. The Labute approximate surface area is 214 Å². The summed E-state index contributed by atoms with van der Waals surface area (Å²) in [6.07, 6.45) is 1.27. The van der Waals surface area contributed by atoms with Crippen molar-refractivity contribution in [3.63, 3.8) is 0 Å². The van der Waals surface area contributed by atoms with Gasteiger partial charge in [-0.25, -0.2) is 0 Å². The van der Waals surface area contributed by atoms with E-state index in [-0.39, 0.29) is 5.91 Å². The number of carbonyl (C=O) groups is 1. The SMILES string of the molecule is COc1ccc(CCNC(=O)c2ccc(Oc3nc(Cc4ccccc4)ns3)c(OC)c2)cc1OC. The van der Waals surface area contributed by atoms with E-state index in [9.17, 15) is 4.79 Å². The summed E-state index contributed by atoms with van der Waals surface area (Å²) in [5.41, 5.74) is 2.62. The van der Waals surface area contributed by atoms with Crippen molar-refractivity contribution >= 4 is 17.4 Å². The van der Waals surface area contributed by atoms with Crippen LogP contribution in [-0.2, 0) is 12.8 Å². The molecule has 0 spiro atoms. The standard InChI is InChI=1S/C27H27N3O5S/c1-32-21-11-9-19(15-23(21)33-2)13-14-28-26(31)20-10-12-22(24(17-20)34-3)35-27-29-25(30-36-27)16-18-7-5-4-6-8-18/h4-12,15,17H,13-14,16H2,1-3H3,(H,28,31). The molecule has 1 aromatic heterocycles. The first-order valence-electron chi connectivity index (χ1n) is 11.3. The summed E-state index contributed by atoms with van der Waals surface area (Å²) in [6.45, 7) is 0.462. The van der Waals surface area contributed by atoms with Gasteiger partial charge in [-0.15, -0.1) is 0 Å². The van der Waals surface area contributed by atoms with E-state index in [1.54, 1.807) is 32.4 Å². The molecule has 1 heterocycles. The van der Waals surface area contributed by atoms with E-state index in [0.29, 0.717) is 59.0 Å². The molecule has 0 saturated carbocycles. The zero-order valence-corrected chi connectivity index (χ0v) is 21.1. The Morgan fingerprint density at radius 3 is 2.31 bits per heavy atom. The van der Waals surface area contributed by atoms with Crippen molar-refractivity contribution < 1.29 is 23.7 Å². The molecular formula is C27H27N3O5S. The maximum atomic E-state index is 12.7. The lowest BCUT2D eigenvalue weighted by atomic mass is 10.1. The quantitative estimate of drug-likeness (QED) is 0.309. The van der Waals surface area contributed by atoms with Crippen molar-refractivity contribution in [3.05, 3.63) is 89.2 Å². The van der Waals surface area contributed by atoms with Crippen LogP contribution in [0.25, 0.3) is 0 Å². The Bertz CT molecular complexity index is 1310. The number of aromatic nitrogens is 2. The molecule has 0 fully saturated rings. The lowest BCUT2D eigenvalue weighted by Gasteiger charge is -2.11. The maximum absolute atomic E-state index is 12.7. The molecule has 0 aliphatic rings. The number of nitrogens with zero attached hydrogens (tertiary/aromatic N) is 2. The number of methoxy groups -OCH3 is 3. The van der Waals surface area contributed by atoms with Crippen LogP contribution in [0.1, 0.15) is 27.3 Å². The van der Waals surface area contributed by atoms with Gasteiger partial charge in [0.15, 0.2) is 28.8 Å². The number of amides is 1. The van der Waals surface area contributed by atoms with E-state index in [2.05, 4.69) is 14.7 Å². The Morgan fingerprint density at radius 2 is 1.56 bits per heavy atom. The molecule has 1 N–H and O–H groups in total. The molecule has 36 heavy (non-hydrogen) atoms. The number of ether oxygens (including phenoxy) is 4. The second-order valence-electron chi connectivity index (χ2n) is 7.80. The molecule has 0 atom stereocenters. The monoisotopic (exact) mass is 505 g/mol. The number of hydrogen-bond donors (Lipinski definition) is 1. The van der Waals surface area contributed by atoms with Gasteiger partial charge in [0.05, 0.1) is 21.3 Å². The van der Waals surface area contributed by atoms with E-state index in [1.807, 2.05) is 48.5 Å². The first-order valence-corrected chi connectivity index (χ1v) is 12.1. The normalized spacial score (nSPS) is 10.5. The molecule has 0 aliphatic heterocycles. The van der Waals surface area contributed by atoms with Crippen molar-refractivity contribution in [1.29, 1.82) is 0 Å². The Kier molecular flexibility index (Phi) is 8.36. The van der Waals surface area contributed by atoms with Crippen molar-refractivity contribution in [2.45, 2.75) is 12.8 Å². The predicted octanol–water partition coefficient (Wildman–Crippen LogP) is 4.92. The molecule has 0 radical (unpaired) electrons. The van der Waals surface area contributed by atoms with Crippen LogP contribution in [0.3, 0.4) is 0 Å². The Balaban J connectivity index is 1.35. The largest absolute Gasteiger partial charge is 0.493 e. The van der Waals surface area contributed by atoms with Crippen LogP contribution < -0.4 is 24.3 Å². The van der Waals surface area contributed by atoms with E-state index >= 15 is 0 Å². The second-order valence-corrected chi connectivity index (χ2v) is 8.52. The molecule has 0 aliphatic carbocycles. The molecule has 0 unspecified atom stereocenters. The predicted molar refractivity (Wildman–Crippen MR) is 138 cm³/mol. The minimum atomic E-state index is -0.207. The first-order chi connectivity index (χ1) is 17.6. The van der Waals surface area contributed by atoms with Gasteiger partial charge in [-0.1, -0.05) is 36.4 Å². The average Bonchev–Trinajstić information content (AvgIpc) is 3.35. The van der Waals surface area contributed by atoms with E-state index in [4.69, 9.17) is 18.9 Å². The molecule has 0 bridgehead atoms. The summed E-state index contributed by atoms with van der Waals surface area (Å²) in [5, 5.41) is 3.34. The fraction of sp³-hybridized carbons (Fsp3) is 0.222. The fourth-order valence-electron chi connectivity index (χ4n) is 3.58. The van der Waals surface area contributed by atoms with Crippen molar-refractivity contribution in [3.8, 4) is 28.2 Å². The van der Waals surface area contributed by atoms with Crippen LogP contribution in [0, 0.1) is 0 Å². The number of nitrogens with one attached hydrogen (secondary N) is 1. The Hall–Kier alpha value is -4.11. The lowest BCUT2D eigenvalue weighted by Crippen LogP contribution is -2.25. The molecule has 0 saturated heterocycles. The molecule has 9 heteroatoms. The molecule has 8 nitrogen and oxygen atoms in total. The maximum Gasteiger partial charge on any atom is 0.298 e. The number of hydrogen-bond acceptors (Lipinski definition) is 8. The highest BCUT2D eigenvalue weighted by molar-refractivity contribution is 7.07. The zero-order valence-electron chi connectivity index (χ0n) is 20.3. The minimum Gasteiger partial charge on any atom is -0.493 e. The van der Waals surface area contributed by atoms with Gasteiger partial charge in [0.25, 0.3) is 11.1 Å².